The van der Waals surface area contributed by atoms with Crippen LogP contribution in [-0.2, 0) is 4.74 Å². The quantitative estimate of drug-likeness (QED) is 0.651. The Morgan fingerprint density at radius 3 is 2.35 bits per heavy atom. The monoisotopic (exact) mass is 278 g/mol. The average Bonchev–Trinajstić information content (AvgIpc) is 2.27. The van der Waals surface area contributed by atoms with E-state index in [0.717, 1.165) is 12.1 Å². The molecule has 0 saturated carbocycles. The van der Waals surface area contributed by atoms with Crippen LogP contribution in [0.25, 0.3) is 0 Å². The van der Waals surface area contributed by atoms with Crippen molar-refractivity contribution in [3.05, 3.63) is 23.8 Å². The smallest absolute Gasteiger partial charge is 0.340 e. The van der Waals surface area contributed by atoms with Gasteiger partial charge in [-0.05, 0) is 37.8 Å². The number of carbonyl (C=O) groups is 1. The maximum absolute atomic E-state index is 11.7. The second-order valence-corrected chi connectivity index (χ2v) is 7.00. The van der Waals surface area contributed by atoms with Gasteiger partial charge in [0.05, 0.1) is 24.0 Å². The molecule has 0 aliphatic carbocycles. The maximum atomic E-state index is 11.7. The topological polar surface area (TPSA) is 64.3 Å². The van der Waals surface area contributed by atoms with E-state index in [1.807, 2.05) is 6.07 Å². The summed E-state index contributed by atoms with van der Waals surface area (Å²) in [5.41, 5.74) is 7.73. The van der Waals surface area contributed by atoms with Crippen molar-refractivity contribution in [2.24, 2.45) is 5.41 Å². The van der Waals surface area contributed by atoms with Crippen LogP contribution in [0.15, 0.2) is 18.2 Å². The Balaban J connectivity index is 3.01. The van der Waals surface area contributed by atoms with E-state index in [0.29, 0.717) is 11.3 Å². The van der Waals surface area contributed by atoms with Crippen LogP contribution in [0.2, 0.25) is 0 Å². The third-order valence-corrected chi connectivity index (χ3v) is 2.96. The molecule has 3 N–H and O–H groups in total. The molecule has 0 unspecified atom stereocenters. The van der Waals surface area contributed by atoms with E-state index >= 15 is 0 Å². The summed E-state index contributed by atoms with van der Waals surface area (Å²) in [5, 5.41) is 3.43. The summed E-state index contributed by atoms with van der Waals surface area (Å²) in [6, 6.07) is 5.35. The summed E-state index contributed by atoms with van der Waals surface area (Å²) in [7, 11) is 1.35. The highest BCUT2D eigenvalue weighted by atomic mass is 16.5. The van der Waals surface area contributed by atoms with Crippen molar-refractivity contribution >= 4 is 17.3 Å². The second kappa shape index (κ2) is 5.73. The van der Waals surface area contributed by atoms with Gasteiger partial charge in [-0.25, -0.2) is 4.79 Å². The molecule has 0 bridgehead atoms. The van der Waals surface area contributed by atoms with E-state index in [1.54, 1.807) is 12.1 Å². The number of hydrogen-bond acceptors (Lipinski definition) is 4. The highest BCUT2D eigenvalue weighted by Gasteiger charge is 2.26. The second-order valence-electron chi connectivity index (χ2n) is 7.00. The van der Waals surface area contributed by atoms with Crippen molar-refractivity contribution in [1.29, 1.82) is 0 Å². The number of nitrogen functional groups attached to an aromatic ring is 1. The van der Waals surface area contributed by atoms with E-state index in [1.165, 1.54) is 7.11 Å². The number of para-hydroxylation sites is 1. The number of benzene rings is 1. The number of nitrogens with two attached hydrogens (primary N) is 1. The van der Waals surface area contributed by atoms with Gasteiger partial charge in [0, 0.05) is 5.54 Å². The number of carbonyl (C=O) groups excluding carboxylic acids is 1. The van der Waals surface area contributed by atoms with Crippen molar-refractivity contribution in [2.75, 3.05) is 18.2 Å². The third kappa shape index (κ3) is 4.44. The molecule has 0 fully saturated rings. The van der Waals surface area contributed by atoms with Crippen LogP contribution < -0.4 is 11.1 Å². The molecule has 1 aromatic rings. The van der Waals surface area contributed by atoms with Crippen LogP contribution >= 0.6 is 0 Å². The lowest BCUT2D eigenvalue weighted by molar-refractivity contribution is 0.0602. The first kappa shape index (κ1) is 16.3. The molecule has 0 heterocycles. The van der Waals surface area contributed by atoms with Crippen LogP contribution in [-0.4, -0.2) is 18.6 Å². The highest BCUT2D eigenvalue weighted by Crippen LogP contribution is 2.32. The van der Waals surface area contributed by atoms with Crippen LogP contribution in [0.4, 0.5) is 11.4 Å². The molecule has 0 aromatic heterocycles. The van der Waals surface area contributed by atoms with Gasteiger partial charge in [-0.2, -0.15) is 0 Å². The Hall–Kier alpha value is -1.71. The van der Waals surface area contributed by atoms with Gasteiger partial charge in [-0.3, -0.25) is 0 Å². The number of methoxy groups -OCH3 is 1. The molecule has 1 rings (SSSR count). The first-order chi connectivity index (χ1) is 9.06. The van der Waals surface area contributed by atoms with E-state index in [9.17, 15) is 4.79 Å². The summed E-state index contributed by atoms with van der Waals surface area (Å²) in [5.74, 6) is -0.417. The normalized spacial score (nSPS) is 12.1. The van der Waals surface area contributed by atoms with Crippen LogP contribution in [0, 0.1) is 5.41 Å². The molecule has 0 atom stereocenters. The molecule has 112 valence electrons. The molecule has 0 radical (unpaired) electrons. The van der Waals surface area contributed by atoms with Crippen LogP contribution in [0.3, 0.4) is 0 Å². The third-order valence-electron chi connectivity index (χ3n) is 2.96. The van der Waals surface area contributed by atoms with Gasteiger partial charge in [0.1, 0.15) is 0 Å². The molecule has 1 aromatic carbocycles. The van der Waals surface area contributed by atoms with Crippen molar-refractivity contribution in [3.63, 3.8) is 0 Å². The van der Waals surface area contributed by atoms with Gasteiger partial charge in [-0.15, -0.1) is 0 Å². The highest BCUT2D eigenvalue weighted by molar-refractivity contribution is 5.98. The zero-order valence-corrected chi connectivity index (χ0v) is 13.3. The first-order valence-electron chi connectivity index (χ1n) is 6.81. The molecule has 4 nitrogen and oxygen atoms in total. The Kier molecular flexibility index (Phi) is 4.69. The minimum Gasteiger partial charge on any atom is -0.465 e. The van der Waals surface area contributed by atoms with Crippen molar-refractivity contribution in [2.45, 2.75) is 46.6 Å². The lowest BCUT2D eigenvalue weighted by Gasteiger charge is -2.34. The van der Waals surface area contributed by atoms with E-state index < -0.39 is 5.97 Å². The number of rotatable bonds is 4. The molecule has 4 heteroatoms. The van der Waals surface area contributed by atoms with Gasteiger partial charge in [-0.1, -0.05) is 26.8 Å². The van der Waals surface area contributed by atoms with Crippen LogP contribution in [0.5, 0.6) is 0 Å². The van der Waals surface area contributed by atoms with Gasteiger partial charge < -0.3 is 15.8 Å². The van der Waals surface area contributed by atoms with Crippen LogP contribution in [0.1, 0.15) is 51.4 Å². The molecule has 0 saturated heterocycles. The zero-order chi connectivity index (χ0) is 15.6. The molecular weight excluding hydrogens is 252 g/mol. The Morgan fingerprint density at radius 2 is 1.85 bits per heavy atom. The Morgan fingerprint density at radius 1 is 1.25 bits per heavy atom. The lowest BCUT2D eigenvalue weighted by Crippen LogP contribution is -2.35. The number of anilines is 2. The fourth-order valence-corrected chi connectivity index (χ4v) is 2.70. The summed E-state index contributed by atoms with van der Waals surface area (Å²) in [6.07, 6.45) is 0.974. The Labute approximate surface area is 121 Å². The summed E-state index contributed by atoms with van der Waals surface area (Å²) < 4.78 is 4.74. The number of hydrogen-bond donors (Lipinski definition) is 2. The summed E-state index contributed by atoms with van der Waals surface area (Å²) in [6.45, 7) is 10.9. The molecule has 0 spiro atoms. The molecule has 20 heavy (non-hydrogen) atoms. The minimum absolute atomic E-state index is 0.124. The van der Waals surface area contributed by atoms with Crippen molar-refractivity contribution < 1.29 is 9.53 Å². The predicted octanol–water partition coefficient (Wildman–Crippen LogP) is 3.68. The maximum Gasteiger partial charge on any atom is 0.340 e. The largest absolute Gasteiger partial charge is 0.465 e. The lowest BCUT2D eigenvalue weighted by atomic mass is 9.81. The zero-order valence-electron chi connectivity index (χ0n) is 13.3. The minimum atomic E-state index is -0.417. The SMILES string of the molecule is COC(=O)c1cccc(NC(C)(C)CC(C)(C)C)c1N. The molecule has 0 aliphatic heterocycles. The Bertz CT molecular complexity index is 488. The number of ether oxygens (including phenoxy) is 1. The summed E-state index contributed by atoms with van der Waals surface area (Å²) >= 11 is 0. The van der Waals surface area contributed by atoms with E-state index in [4.69, 9.17) is 10.5 Å². The molecule has 0 aliphatic rings. The van der Waals surface area contributed by atoms with Crippen molar-refractivity contribution in [1.82, 2.24) is 0 Å². The number of esters is 1. The predicted molar refractivity (Wildman–Crippen MR) is 84.0 cm³/mol. The average molecular weight is 278 g/mol. The van der Waals surface area contributed by atoms with E-state index in [2.05, 4.69) is 39.9 Å². The number of nitrogens with one attached hydrogen (secondary N) is 1. The fraction of sp³-hybridized carbons (Fsp3) is 0.562. The van der Waals surface area contributed by atoms with Gasteiger partial charge in [0.25, 0.3) is 0 Å². The fourth-order valence-electron chi connectivity index (χ4n) is 2.70. The first-order valence-corrected chi connectivity index (χ1v) is 6.81. The molecule has 0 amide bonds. The molecular formula is C16H26N2O2. The van der Waals surface area contributed by atoms with Gasteiger partial charge in [0.15, 0.2) is 0 Å². The van der Waals surface area contributed by atoms with E-state index in [-0.39, 0.29) is 11.0 Å². The summed E-state index contributed by atoms with van der Waals surface area (Å²) in [4.78, 5) is 11.7. The van der Waals surface area contributed by atoms with Gasteiger partial charge >= 0.3 is 5.97 Å². The van der Waals surface area contributed by atoms with Gasteiger partial charge in [0.2, 0.25) is 0 Å². The standard InChI is InChI=1S/C16H26N2O2/c1-15(2,3)10-16(4,5)18-12-9-7-8-11(13(12)17)14(19)20-6/h7-9,18H,10,17H2,1-6H3. The van der Waals surface area contributed by atoms with Crippen molar-refractivity contribution in [3.8, 4) is 0 Å².